The number of carbonyl (C=O) groups excluding carboxylic acids is 2. The molecule has 4 aliphatic carbocycles. The highest BCUT2D eigenvalue weighted by Gasteiger charge is 2.60. The first-order valence-corrected chi connectivity index (χ1v) is 11.8. The summed E-state index contributed by atoms with van der Waals surface area (Å²) in [6.07, 6.45) is 11.5. The molecule has 0 aliphatic heterocycles. The van der Waals surface area contributed by atoms with E-state index in [4.69, 9.17) is 0 Å². The quantitative estimate of drug-likeness (QED) is 0.642. The number of carbonyl (C=O) groups is 2. The van der Waals surface area contributed by atoms with Crippen LogP contribution in [0.1, 0.15) is 78.6 Å². The molecule has 0 amide bonds. The van der Waals surface area contributed by atoms with Gasteiger partial charge in [0.05, 0.1) is 0 Å². The van der Waals surface area contributed by atoms with E-state index in [0.717, 1.165) is 38.5 Å². The summed E-state index contributed by atoms with van der Waals surface area (Å²) in [7, 11) is 0. The van der Waals surface area contributed by atoms with Crippen LogP contribution in [-0.4, -0.2) is 22.6 Å². The van der Waals surface area contributed by atoms with Crippen molar-refractivity contribution in [1.82, 2.24) is 0 Å². The Bertz CT molecular complexity index is 638. The summed E-state index contributed by atoms with van der Waals surface area (Å²) >= 11 is 2.07. The van der Waals surface area contributed by atoms with Gasteiger partial charge in [-0.1, -0.05) is 26.3 Å². The van der Waals surface area contributed by atoms with E-state index in [1.54, 1.807) is 0 Å². The smallest absolute Gasteiger partial charge is 0.155 e. The lowest BCUT2D eigenvalue weighted by Gasteiger charge is -2.58. The van der Waals surface area contributed by atoms with Gasteiger partial charge in [-0.15, -0.1) is 0 Å². The highest BCUT2D eigenvalue weighted by molar-refractivity contribution is 7.99. The predicted molar refractivity (Wildman–Crippen MR) is 108 cm³/mol. The molecule has 3 fully saturated rings. The first-order chi connectivity index (χ1) is 12.4. The van der Waals surface area contributed by atoms with Crippen molar-refractivity contribution in [3.8, 4) is 0 Å². The second-order valence-electron chi connectivity index (χ2n) is 9.60. The van der Waals surface area contributed by atoms with Crippen molar-refractivity contribution in [3.05, 3.63) is 11.6 Å². The Morgan fingerprint density at radius 3 is 2.69 bits per heavy atom. The van der Waals surface area contributed by atoms with Gasteiger partial charge >= 0.3 is 0 Å². The summed E-state index contributed by atoms with van der Waals surface area (Å²) in [5, 5.41) is 0.647. The van der Waals surface area contributed by atoms with Gasteiger partial charge in [0.15, 0.2) is 5.78 Å². The topological polar surface area (TPSA) is 34.1 Å². The lowest BCUT2D eigenvalue weighted by molar-refractivity contribution is -0.133. The van der Waals surface area contributed by atoms with Gasteiger partial charge in [0.1, 0.15) is 5.78 Å². The number of thioether (sulfide) groups is 1. The summed E-state index contributed by atoms with van der Waals surface area (Å²) in [4.78, 5) is 24.8. The Balaban J connectivity index is 1.69. The molecule has 0 bridgehead atoms. The van der Waals surface area contributed by atoms with Gasteiger partial charge in [0.2, 0.25) is 0 Å². The molecule has 0 heterocycles. The molecule has 0 aromatic carbocycles. The maximum Gasteiger partial charge on any atom is 0.155 e. The Kier molecular flexibility index (Phi) is 4.91. The third-order valence-electron chi connectivity index (χ3n) is 8.50. The lowest BCUT2D eigenvalue weighted by atomic mass is 9.46. The minimum atomic E-state index is -0.0438. The normalized spacial score (nSPS) is 43.3. The zero-order valence-electron chi connectivity index (χ0n) is 16.7. The van der Waals surface area contributed by atoms with Gasteiger partial charge in [-0.25, -0.2) is 0 Å². The van der Waals surface area contributed by atoms with Crippen molar-refractivity contribution in [2.75, 3.05) is 5.75 Å². The van der Waals surface area contributed by atoms with Crippen LogP contribution in [0, 0.1) is 28.6 Å². The number of allylic oxidation sites excluding steroid dienone is 1. The number of hydrogen-bond donors (Lipinski definition) is 0. The van der Waals surface area contributed by atoms with Crippen LogP contribution in [0.2, 0.25) is 0 Å². The van der Waals surface area contributed by atoms with E-state index in [1.165, 1.54) is 30.6 Å². The largest absolute Gasteiger partial charge is 0.299 e. The van der Waals surface area contributed by atoms with Crippen LogP contribution >= 0.6 is 11.8 Å². The summed E-state index contributed by atoms with van der Waals surface area (Å²) in [5.41, 5.74) is 1.68. The molecule has 26 heavy (non-hydrogen) atoms. The van der Waals surface area contributed by atoms with E-state index in [0.29, 0.717) is 34.6 Å². The lowest BCUT2D eigenvalue weighted by Crippen LogP contribution is -2.52. The third kappa shape index (κ3) is 2.75. The van der Waals surface area contributed by atoms with Crippen LogP contribution in [0.4, 0.5) is 0 Å². The maximum absolute atomic E-state index is 12.6. The zero-order chi connectivity index (χ0) is 18.5. The number of fused-ring (bicyclic) bond motifs is 5. The highest BCUT2D eigenvalue weighted by atomic mass is 32.2. The second-order valence-corrected chi connectivity index (χ2v) is 11.3. The number of hydrogen-bond acceptors (Lipinski definition) is 3. The molecule has 4 rings (SSSR count). The molecule has 0 saturated heterocycles. The SMILES string of the molecule is CCSC(C)C[C@]12CCC(=O)C=C1CC[C@@H]1[C@H]2CC[C@]2(C)C(=O)CC[C@@H]12. The molecule has 3 saturated carbocycles. The fourth-order valence-corrected chi connectivity index (χ4v) is 8.36. The molecule has 3 heteroatoms. The molecule has 2 nitrogen and oxygen atoms in total. The molecule has 1 unspecified atom stereocenters. The van der Waals surface area contributed by atoms with Crippen molar-refractivity contribution in [1.29, 1.82) is 0 Å². The fourth-order valence-electron chi connectivity index (χ4n) is 7.37. The Hall–Kier alpha value is -0.570. The molecule has 0 N–H and O–H groups in total. The Labute approximate surface area is 163 Å². The van der Waals surface area contributed by atoms with Crippen LogP contribution in [0.5, 0.6) is 0 Å². The van der Waals surface area contributed by atoms with Gasteiger partial charge in [-0.05, 0) is 79.9 Å². The molecule has 4 aliphatic rings. The second kappa shape index (κ2) is 6.79. The average molecular weight is 375 g/mol. The minimum absolute atomic E-state index is 0.0438. The van der Waals surface area contributed by atoms with Crippen LogP contribution < -0.4 is 0 Å². The van der Waals surface area contributed by atoms with Crippen LogP contribution in [0.3, 0.4) is 0 Å². The van der Waals surface area contributed by atoms with Crippen LogP contribution in [-0.2, 0) is 9.59 Å². The number of Topliss-reactive ketones (excluding diaryl/α,β-unsaturated/α-hetero) is 1. The average Bonchev–Trinajstić information content (AvgIpc) is 2.91. The van der Waals surface area contributed by atoms with Gasteiger partial charge in [0.25, 0.3) is 0 Å². The Morgan fingerprint density at radius 2 is 1.92 bits per heavy atom. The van der Waals surface area contributed by atoms with Crippen molar-refractivity contribution < 1.29 is 9.59 Å². The van der Waals surface area contributed by atoms with Gasteiger partial charge in [-0.2, -0.15) is 11.8 Å². The van der Waals surface area contributed by atoms with Crippen molar-refractivity contribution in [2.45, 2.75) is 83.8 Å². The van der Waals surface area contributed by atoms with E-state index in [2.05, 4.69) is 32.5 Å². The van der Waals surface area contributed by atoms with E-state index in [1.807, 2.05) is 6.08 Å². The highest BCUT2D eigenvalue weighted by Crippen LogP contribution is 2.66. The summed E-state index contributed by atoms with van der Waals surface area (Å²) in [6, 6.07) is 0. The summed E-state index contributed by atoms with van der Waals surface area (Å²) in [6.45, 7) is 6.90. The standard InChI is InChI=1S/C23H34O2S/c1-4-26-15(2)14-23-12-9-17(24)13-16(23)5-6-18-19-7-8-21(25)22(19,3)11-10-20(18)23/h13,15,18-20H,4-12,14H2,1-3H3/t15?,18-,19-,20+,22-,23+/m0/s1. The minimum Gasteiger partial charge on any atom is -0.299 e. The van der Waals surface area contributed by atoms with Crippen molar-refractivity contribution in [3.63, 3.8) is 0 Å². The van der Waals surface area contributed by atoms with Gasteiger partial charge in [-0.3, -0.25) is 9.59 Å². The molecule has 0 aromatic rings. The Morgan fingerprint density at radius 1 is 1.12 bits per heavy atom. The summed E-state index contributed by atoms with van der Waals surface area (Å²) < 4.78 is 0. The van der Waals surface area contributed by atoms with Crippen LogP contribution in [0.15, 0.2) is 11.6 Å². The maximum atomic E-state index is 12.6. The number of ketones is 2. The molecule has 6 atom stereocenters. The molecule has 144 valence electrons. The van der Waals surface area contributed by atoms with Crippen molar-refractivity contribution >= 4 is 23.3 Å². The predicted octanol–water partition coefficient (Wildman–Crippen LogP) is 5.60. The molecule has 0 aromatic heterocycles. The third-order valence-corrected chi connectivity index (χ3v) is 9.57. The molecule has 0 radical (unpaired) electrons. The van der Waals surface area contributed by atoms with E-state index in [-0.39, 0.29) is 10.8 Å². The molecular formula is C23H34O2S. The van der Waals surface area contributed by atoms with E-state index >= 15 is 0 Å². The van der Waals surface area contributed by atoms with E-state index < -0.39 is 0 Å². The van der Waals surface area contributed by atoms with Gasteiger partial charge in [0, 0.05) is 23.5 Å². The van der Waals surface area contributed by atoms with Crippen molar-refractivity contribution in [2.24, 2.45) is 28.6 Å². The first kappa shape index (κ1) is 18.8. The first-order valence-electron chi connectivity index (χ1n) is 10.8. The van der Waals surface area contributed by atoms with E-state index in [9.17, 15) is 9.59 Å². The summed E-state index contributed by atoms with van der Waals surface area (Å²) in [5.74, 6) is 4.04. The zero-order valence-corrected chi connectivity index (χ0v) is 17.5. The molecule has 0 spiro atoms. The van der Waals surface area contributed by atoms with Gasteiger partial charge < -0.3 is 0 Å². The molecular weight excluding hydrogens is 340 g/mol. The number of rotatable bonds is 4. The fraction of sp³-hybridized carbons (Fsp3) is 0.826. The monoisotopic (exact) mass is 374 g/mol. The van der Waals surface area contributed by atoms with Crippen LogP contribution in [0.25, 0.3) is 0 Å².